The summed E-state index contributed by atoms with van der Waals surface area (Å²) in [6.07, 6.45) is 3.30. The molecule has 0 aliphatic carbocycles. The van der Waals surface area contributed by atoms with Gasteiger partial charge in [-0.05, 0) is 25.0 Å². The summed E-state index contributed by atoms with van der Waals surface area (Å²) in [6, 6.07) is 6.31. The van der Waals surface area contributed by atoms with Gasteiger partial charge in [-0.3, -0.25) is 10.0 Å². The Hall–Kier alpha value is -2.08. The summed E-state index contributed by atoms with van der Waals surface area (Å²) in [5.41, 5.74) is 1.66. The lowest BCUT2D eigenvalue weighted by molar-refractivity contribution is 0.0702. The van der Waals surface area contributed by atoms with Gasteiger partial charge in [0.2, 0.25) is 0 Å². The molecule has 0 spiro atoms. The summed E-state index contributed by atoms with van der Waals surface area (Å²) in [4.78, 5) is 25.5. The number of carbonyl (C=O) groups excluding carboxylic acids is 2. The van der Waals surface area contributed by atoms with E-state index in [-0.39, 0.29) is 11.3 Å². The van der Waals surface area contributed by atoms with Gasteiger partial charge in [0.1, 0.15) is 5.75 Å². The summed E-state index contributed by atoms with van der Waals surface area (Å²) < 4.78 is 5.34. The summed E-state index contributed by atoms with van der Waals surface area (Å²) in [7, 11) is 0. The first kappa shape index (κ1) is 18.0. The Balaban J connectivity index is 2.81. The number of nitrogens with one attached hydrogen (secondary N) is 1. The Morgan fingerprint density at radius 2 is 1.73 bits per heavy atom. The number of carbonyl (C=O) groups is 2. The molecular formula is C16H24N2O4. The van der Waals surface area contributed by atoms with E-state index in [0.717, 1.165) is 25.7 Å². The van der Waals surface area contributed by atoms with Crippen molar-refractivity contribution in [1.29, 1.82) is 0 Å². The van der Waals surface area contributed by atoms with E-state index in [1.165, 1.54) is 12.1 Å². The normalized spacial score (nSPS) is 10.1. The van der Waals surface area contributed by atoms with Gasteiger partial charge in [-0.1, -0.05) is 38.8 Å². The summed E-state index contributed by atoms with van der Waals surface area (Å²) in [5, 5.41) is 8.74. The number of nitrogens with zero attached hydrogens (tertiary/aromatic N) is 1. The largest absolute Gasteiger partial charge is 0.415 e. The zero-order valence-electron chi connectivity index (χ0n) is 13.2. The molecule has 1 aromatic rings. The van der Waals surface area contributed by atoms with Crippen LogP contribution in [0.2, 0.25) is 0 Å². The quantitative estimate of drug-likeness (QED) is 0.571. The van der Waals surface area contributed by atoms with E-state index in [1.807, 2.05) is 0 Å². The van der Waals surface area contributed by atoms with Crippen LogP contribution in [0.25, 0.3) is 0 Å². The van der Waals surface area contributed by atoms with Crippen molar-refractivity contribution in [3.63, 3.8) is 0 Å². The van der Waals surface area contributed by atoms with Gasteiger partial charge in [-0.15, -0.1) is 0 Å². The molecule has 22 heavy (non-hydrogen) atoms. The molecule has 0 aromatic heterocycles. The molecule has 0 heterocycles. The minimum atomic E-state index is -0.711. The summed E-state index contributed by atoms with van der Waals surface area (Å²) in [6.45, 7) is 5.38. The first-order valence-electron chi connectivity index (χ1n) is 7.64. The third kappa shape index (κ3) is 5.37. The molecule has 0 saturated carbocycles. The molecule has 2 amide bonds. The lowest BCUT2D eigenvalue weighted by Gasteiger charge is -2.22. The second kappa shape index (κ2) is 9.78. The molecule has 0 aliphatic heterocycles. The molecule has 0 fully saturated rings. The molecule has 6 heteroatoms. The van der Waals surface area contributed by atoms with Crippen molar-refractivity contribution < 1.29 is 19.5 Å². The highest BCUT2D eigenvalue weighted by Gasteiger charge is 2.18. The van der Waals surface area contributed by atoms with Gasteiger partial charge >= 0.3 is 6.09 Å². The number of hydrogen-bond donors (Lipinski definition) is 2. The number of amides is 2. The monoisotopic (exact) mass is 308 g/mol. The fraction of sp³-hybridized carbons (Fsp3) is 0.500. The van der Waals surface area contributed by atoms with E-state index in [2.05, 4.69) is 13.8 Å². The predicted molar refractivity (Wildman–Crippen MR) is 83.1 cm³/mol. The molecule has 0 bridgehead atoms. The predicted octanol–water partition coefficient (Wildman–Crippen LogP) is 3.21. The van der Waals surface area contributed by atoms with Gasteiger partial charge < -0.3 is 9.64 Å². The second-order valence-electron chi connectivity index (χ2n) is 5.00. The first-order valence-corrected chi connectivity index (χ1v) is 7.64. The highest BCUT2D eigenvalue weighted by molar-refractivity contribution is 5.96. The van der Waals surface area contributed by atoms with Crippen LogP contribution in [-0.2, 0) is 0 Å². The molecule has 6 nitrogen and oxygen atoms in total. The first-order chi connectivity index (χ1) is 10.6. The third-order valence-corrected chi connectivity index (χ3v) is 3.25. The number of unbranched alkanes of at least 4 members (excludes halogenated alkanes) is 2. The Morgan fingerprint density at radius 3 is 2.27 bits per heavy atom. The van der Waals surface area contributed by atoms with E-state index < -0.39 is 12.0 Å². The summed E-state index contributed by atoms with van der Waals surface area (Å²) >= 11 is 0. The van der Waals surface area contributed by atoms with Crippen molar-refractivity contribution in [2.24, 2.45) is 0 Å². The standard InChI is InChI=1S/C16H24N2O4/c1-3-5-11-18(12-6-4-2)16(20)22-14-10-8-7-9-13(14)15(19)17-21/h7-10,21H,3-6,11-12H2,1-2H3,(H,17,19). The number of ether oxygens (including phenoxy) is 1. The SMILES string of the molecule is CCCCN(CCCC)C(=O)Oc1ccccc1C(=O)NO. The summed E-state index contributed by atoms with van der Waals surface area (Å²) in [5.74, 6) is -0.575. The Kier molecular flexibility index (Phi) is 7.99. The molecule has 0 atom stereocenters. The molecule has 1 rings (SSSR count). The lowest BCUT2D eigenvalue weighted by atomic mass is 10.2. The number of hydrogen-bond acceptors (Lipinski definition) is 4. The topological polar surface area (TPSA) is 78.9 Å². The molecule has 0 saturated heterocycles. The molecule has 0 radical (unpaired) electrons. The highest BCUT2D eigenvalue weighted by atomic mass is 16.6. The van der Waals surface area contributed by atoms with Crippen molar-refractivity contribution in [2.75, 3.05) is 13.1 Å². The van der Waals surface area contributed by atoms with Gasteiger partial charge in [-0.2, -0.15) is 0 Å². The molecular weight excluding hydrogens is 284 g/mol. The maximum absolute atomic E-state index is 12.3. The number of para-hydroxylation sites is 1. The Morgan fingerprint density at radius 1 is 1.14 bits per heavy atom. The van der Waals surface area contributed by atoms with Gasteiger partial charge in [0.25, 0.3) is 5.91 Å². The van der Waals surface area contributed by atoms with Gasteiger partial charge in [-0.25, -0.2) is 10.3 Å². The van der Waals surface area contributed by atoms with E-state index in [0.29, 0.717) is 13.1 Å². The fourth-order valence-electron chi connectivity index (χ4n) is 1.95. The van der Waals surface area contributed by atoms with Crippen LogP contribution in [0.15, 0.2) is 24.3 Å². The van der Waals surface area contributed by atoms with Crippen molar-refractivity contribution in [1.82, 2.24) is 10.4 Å². The van der Waals surface area contributed by atoms with Crippen LogP contribution < -0.4 is 10.2 Å². The fourth-order valence-corrected chi connectivity index (χ4v) is 1.95. The minimum absolute atomic E-state index is 0.115. The van der Waals surface area contributed by atoms with Crippen LogP contribution in [0.4, 0.5) is 4.79 Å². The Bertz CT molecular complexity index is 483. The third-order valence-electron chi connectivity index (χ3n) is 3.25. The smallest absolute Gasteiger partial charge is 0.409 e. The molecule has 2 N–H and O–H groups in total. The molecule has 122 valence electrons. The maximum atomic E-state index is 12.3. The zero-order chi connectivity index (χ0) is 16.4. The van der Waals surface area contributed by atoms with Crippen LogP contribution in [0.5, 0.6) is 5.75 Å². The second-order valence-corrected chi connectivity index (χ2v) is 5.00. The van der Waals surface area contributed by atoms with Crippen LogP contribution >= 0.6 is 0 Å². The van der Waals surface area contributed by atoms with E-state index >= 15 is 0 Å². The van der Waals surface area contributed by atoms with Crippen LogP contribution in [0, 0.1) is 0 Å². The van der Waals surface area contributed by atoms with Crippen molar-refractivity contribution in [3.05, 3.63) is 29.8 Å². The number of hydroxylamine groups is 1. The highest BCUT2D eigenvalue weighted by Crippen LogP contribution is 2.19. The van der Waals surface area contributed by atoms with Gasteiger partial charge in [0.15, 0.2) is 0 Å². The van der Waals surface area contributed by atoms with E-state index in [1.54, 1.807) is 22.5 Å². The average Bonchev–Trinajstić information content (AvgIpc) is 2.54. The zero-order valence-corrected chi connectivity index (χ0v) is 13.2. The van der Waals surface area contributed by atoms with Crippen molar-refractivity contribution in [3.8, 4) is 5.75 Å². The maximum Gasteiger partial charge on any atom is 0.415 e. The van der Waals surface area contributed by atoms with Crippen molar-refractivity contribution in [2.45, 2.75) is 39.5 Å². The number of rotatable bonds is 8. The van der Waals surface area contributed by atoms with E-state index in [4.69, 9.17) is 9.94 Å². The number of benzene rings is 1. The Labute approximate surface area is 131 Å². The van der Waals surface area contributed by atoms with Crippen molar-refractivity contribution >= 4 is 12.0 Å². The van der Waals surface area contributed by atoms with Crippen LogP contribution in [-0.4, -0.2) is 35.2 Å². The molecule has 0 unspecified atom stereocenters. The van der Waals surface area contributed by atoms with E-state index in [9.17, 15) is 9.59 Å². The molecule has 1 aromatic carbocycles. The molecule has 0 aliphatic rings. The van der Waals surface area contributed by atoms with Gasteiger partial charge in [0, 0.05) is 13.1 Å². The minimum Gasteiger partial charge on any atom is -0.409 e. The van der Waals surface area contributed by atoms with Crippen LogP contribution in [0.3, 0.4) is 0 Å². The lowest BCUT2D eigenvalue weighted by Crippen LogP contribution is -2.35. The van der Waals surface area contributed by atoms with Gasteiger partial charge in [0.05, 0.1) is 5.56 Å². The average molecular weight is 308 g/mol. The van der Waals surface area contributed by atoms with Crippen LogP contribution in [0.1, 0.15) is 49.9 Å².